The summed E-state index contributed by atoms with van der Waals surface area (Å²) in [6.45, 7) is 8.64. The second kappa shape index (κ2) is 6.69. The van der Waals surface area contributed by atoms with E-state index in [2.05, 4.69) is 27.7 Å². The van der Waals surface area contributed by atoms with E-state index in [4.69, 9.17) is 23.2 Å². The first-order valence-corrected chi connectivity index (χ1v) is 7.20. The van der Waals surface area contributed by atoms with Gasteiger partial charge >= 0.3 is 0 Å². The van der Waals surface area contributed by atoms with E-state index in [0.29, 0.717) is 16.4 Å². The average Bonchev–Trinajstić information content (AvgIpc) is 1.84. The summed E-state index contributed by atoms with van der Waals surface area (Å²) in [7, 11) is 3.64. The van der Waals surface area contributed by atoms with Gasteiger partial charge in [-0.05, 0) is 5.92 Å². The van der Waals surface area contributed by atoms with Crippen LogP contribution in [0.5, 0.6) is 0 Å². The highest BCUT2D eigenvalue weighted by molar-refractivity contribution is 8.77. The zero-order chi connectivity index (χ0) is 9.72. The van der Waals surface area contributed by atoms with Crippen LogP contribution in [0.2, 0.25) is 0 Å². The van der Waals surface area contributed by atoms with Crippen LogP contribution in [0.4, 0.5) is 0 Å². The van der Waals surface area contributed by atoms with Crippen molar-refractivity contribution in [2.24, 2.45) is 5.92 Å². The van der Waals surface area contributed by atoms with Gasteiger partial charge in [0.25, 0.3) is 0 Å². The Morgan fingerprint density at radius 3 is 1.67 bits per heavy atom. The summed E-state index contributed by atoms with van der Waals surface area (Å²) in [6, 6.07) is 0. The molecule has 0 aliphatic carbocycles. The Hall–Kier alpha value is 1.28. The Morgan fingerprint density at radius 2 is 1.42 bits per heavy atom. The molecular formula is C8H16Cl2S2. The Labute approximate surface area is 93.5 Å². The smallest absolute Gasteiger partial charge is 0.104 e. The van der Waals surface area contributed by atoms with E-state index < -0.39 is 0 Å². The third-order valence-electron chi connectivity index (χ3n) is 1.26. The molecule has 0 fully saturated rings. The molecule has 0 spiro atoms. The fourth-order valence-electron chi connectivity index (χ4n) is 0.619. The van der Waals surface area contributed by atoms with Crippen molar-refractivity contribution in [2.45, 2.75) is 43.0 Å². The van der Waals surface area contributed by atoms with E-state index in [0.717, 1.165) is 0 Å². The van der Waals surface area contributed by atoms with Gasteiger partial charge in [-0.3, -0.25) is 0 Å². The van der Waals surface area contributed by atoms with Crippen LogP contribution in [0.25, 0.3) is 0 Å². The Morgan fingerprint density at radius 1 is 0.917 bits per heavy atom. The summed E-state index contributed by atoms with van der Waals surface area (Å²) in [5.41, 5.74) is 0. The van der Waals surface area contributed by atoms with Gasteiger partial charge in [-0.25, -0.2) is 0 Å². The predicted octanol–water partition coefficient (Wildman–Crippen LogP) is 4.60. The number of rotatable bonds is 5. The third kappa shape index (κ3) is 5.85. The molecule has 0 aliphatic rings. The molecule has 0 amide bonds. The van der Waals surface area contributed by atoms with Gasteiger partial charge in [-0.1, -0.05) is 49.3 Å². The van der Waals surface area contributed by atoms with Crippen molar-refractivity contribution in [2.75, 3.05) is 0 Å². The highest BCUT2D eigenvalue weighted by Gasteiger charge is 2.21. The molecule has 0 N–H and O–H groups in total. The number of halogens is 2. The largest absolute Gasteiger partial charge is 0.120 e. The van der Waals surface area contributed by atoms with Crippen molar-refractivity contribution in [3.05, 3.63) is 0 Å². The lowest BCUT2D eigenvalue weighted by molar-refractivity contribution is 0.634. The van der Waals surface area contributed by atoms with Crippen molar-refractivity contribution >= 4 is 44.8 Å². The summed E-state index contributed by atoms with van der Waals surface area (Å²) in [6.07, 6.45) is 0. The third-order valence-corrected chi connectivity index (χ3v) is 5.80. The van der Waals surface area contributed by atoms with E-state index in [1.165, 1.54) is 0 Å². The lowest BCUT2D eigenvalue weighted by atomic mass is 10.1. The maximum absolute atomic E-state index is 5.85. The lowest BCUT2D eigenvalue weighted by Gasteiger charge is -2.21. The molecule has 0 bridgehead atoms. The Balaban J connectivity index is 3.80. The van der Waals surface area contributed by atoms with E-state index >= 15 is 0 Å². The zero-order valence-electron chi connectivity index (χ0n) is 7.88. The second-order valence-corrected chi connectivity index (χ2v) is 7.47. The van der Waals surface area contributed by atoms with Gasteiger partial charge in [0.05, 0.1) is 0 Å². The number of alkyl halides is 2. The Kier molecular flexibility index (Phi) is 7.41. The predicted molar refractivity (Wildman–Crippen MR) is 64.4 cm³/mol. The molecule has 0 rings (SSSR count). The van der Waals surface area contributed by atoms with Crippen LogP contribution in [0.1, 0.15) is 27.7 Å². The normalized spacial score (nSPS) is 14.8. The first-order chi connectivity index (χ1) is 5.45. The van der Waals surface area contributed by atoms with Gasteiger partial charge < -0.3 is 0 Å². The van der Waals surface area contributed by atoms with Crippen LogP contribution in [0, 0.1) is 5.92 Å². The SMILES string of the molecule is CC(C)SS[C@H](C(C)C)C(Cl)Cl. The summed E-state index contributed by atoms with van der Waals surface area (Å²) in [5.74, 6) is 0.529. The van der Waals surface area contributed by atoms with Crippen molar-refractivity contribution < 1.29 is 0 Å². The molecule has 0 unspecified atom stereocenters. The van der Waals surface area contributed by atoms with Crippen LogP contribution in [-0.4, -0.2) is 15.3 Å². The molecule has 0 saturated heterocycles. The van der Waals surface area contributed by atoms with Gasteiger partial charge in [0.1, 0.15) is 4.84 Å². The molecular weight excluding hydrogens is 231 g/mol. The van der Waals surface area contributed by atoms with E-state index in [1.807, 2.05) is 10.8 Å². The molecule has 74 valence electrons. The lowest BCUT2D eigenvalue weighted by Crippen LogP contribution is -2.18. The molecule has 4 heteroatoms. The van der Waals surface area contributed by atoms with Crippen molar-refractivity contribution in [1.82, 2.24) is 0 Å². The second-order valence-electron chi connectivity index (χ2n) is 3.28. The Bertz CT molecular complexity index is 108. The minimum atomic E-state index is -0.263. The highest BCUT2D eigenvalue weighted by Crippen LogP contribution is 2.38. The van der Waals surface area contributed by atoms with Crippen molar-refractivity contribution in [3.8, 4) is 0 Å². The van der Waals surface area contributed by atoms with Crippen LogP contribution in [0.15, 0.2) is 0 Å². The quantitative estimate of drug-likeness (QED) is 0.514. The summed E-state index contributed by atoms with van der Waals surface area (Å²) in [5, 5.41) is 0.962. The maximum atomic E-state index is 5.85. The molecule has 0 aromatic rings. The molecule has 1 atom stereocenters. The first-order valence-electron chi connectivity index (χ1n) is 4.05. The summed E-state index contributed by atoms with van der Waals surface area (Å²) in [4.78, 5) is -0.263. The van der Waals surface area contributed by atoms with Crippen molar-refractivity contribution in [1.29, 1.82) is 0 Å². The first kappa shape index (κ1) is 13.3. The molecule has 0 saturated carbocycles. The van der Waals surface area contributed by atoms with Crippen LogP contribution in [0.3, 0.4) is 0 Å². The number of hydrogen-bond acceptors (Lipinski definition) is 2. The average molecular weight is 247 g/mol. The fraction of sp³-hybridized carbons (Fsp3) is 1.00. The van der Waals surface area contributed by atoms with E-state index in [-0.39, 0.29) is 4.84 Å². The molecule has 0 nitrogen and oxygen atoms in total. The molecule has 0 radical (unpaired) electrons. The zero-order valence-corrected chi connectivity index (χ0v) is 11.0. The fourth-order valence-corrected chi connectivity index (χ4v) is 4.58. The van der Waals surface area contributed by atoms with Gasteiger partial charge in [0.2, 0.25) is 0 Å². The van der Waals surface area contributed by atoms with Crippen molar-refractivity contribution in [3.63, 3.8) is 0 Å². The minimum Gasteiger partial charge on any atom is -0.104 e. The van der Waals surface area contributed by atoms with Gasteiger partial charge in [-0.15, -0.1) is 23.2 Å². The molecule has 0 heterocycles. The van der Waals surface area contributed by atoms with E-state index in [9.17, 15) is 0 Å². The van der Waals surface area contributed by atoms with Gasteiger partial charge in [0, 0.05) is 10.5 Å². The monoisotopic (exact) mass is 246 g/mol. The highest BCUT2D eigenvalue weighted by atomic mass is 35.5. The maximum Gasteiger partial charge on any atom is 0.120 e. The van der Waals surface area contributed by atoms with E-state index in [1.54, 1.807) is 10.8 Å². The topological polar surface area (TPSA) is 0 Å². The van der Waals surface area contributed by atoms with Crippen LogP contribution in [-0.2, 0) is 0 Å². The summed E-state index contributed by atoms with van der Waals surface area (Å²) < 4.78 is 0. The summed E-state index contributed by atoms with van der Waals surface area (Å²) >= 11 is 11.7. The standard InChI is InChI=1S/C8H16Cl2S2/c1-5(2)7(8(9)10)12-11-6(3)4/h5-8H,1-4H3/t7-/m1/s1. The minimum absolute atomic E-state index is 0.263. The molecule has 0 aromatic carbocycles. The molecule has 12 heavy (non-hydrogen) atoms. The molecule has 0 aliphatic heterocycles. The van der Waals surface area contributed by atoms with Crippen LogP contribution < -0.4 is 0 Å². The molecule has 0 aromatic heterocycles. The van der Waals surface area contributed by atoms with Gasteiger partial charge in [-0.2, -0.15) is 0 Å². The van der Waals surface area contributed by atoms with Crippen LogP contribution >= 0.6 is 44.8 Å². The number of hydrogen-bond donors (Lipinski definition) is 0. The van der Waals surface area contributed by atoms with Gasteiger partial charge in [0.15, 0.2) is 0 Å².